The lowest BCUT2D eigenvalue weighted by molar-refractivity contribution is -0.137. The highest BCUT2D eigenvalue weighted by Crippen LogP contribution is 2.36. The van der Waals surface area contributed by atoms with Gasteiger partial charge in [-0.2, -0.15) is 13.2 Å². The average molecular weight is 436 g/mol. The molecule has 164 valence electrons. The van der Waals surface area contributed by atoms with Crippen molar-refractivity contribution in [1.82, 2.24) is 14.6 Å². The summed E-state index contributed by atoms with van der Waals surface area (Å²) in [6.07, 6.45) is -3.60. The molecule has 6 nitrogen and oxygen atoms in total. The highest BCUT2D eigenvalue weighted by molar-refractivity contribution is 6.62. The van der Waals surface area contributed by atoms with Gasteiger partial charge in [-0.1, -0.05) is 12.1 Å². The molecule has 0 saturated carbocycles. The minimum atomic E-state index is -4.49. The van der Waals surface area contributed by atoms with Crippen molar-refractivity contribution in [3.8, 4) is 0 Å². The molecule has 2 aromatic heterocycles. The molecule has 1 N–H and O–H groups in total. The van der Waals surface area contributed by atoms with Crippen LogP contribution >= 0.6 is 0 Å². The largest absolute Gasteiger partial charge is 0.494 e. The second kappa shape index (κ2) is 7.20. The highest BCUT2D eigenvalue weighted by atomic mass is 19.4. The number of hydrogen-bond donors (Lipinski definition) is 1. The molecular weight excluding hydrogens is 415 g/mol. The minimum Gasteiger partial charge on any atom is -0.399 e. The van der Waals surface area contributed by atoms with Crippen LogP contribution in [-0.2, 0) is 22.0 Å². The zero-order valence-corrected chi connectivity index (χ0v) is 17.4. The molecule has 31 heavy (non-hydrogen) atoms. The summed E-state index contributed by atoms with van der Waals surface area (Å²) in [4.78, 5) is 0. The quantitative estimate of drug-likeness (QED) is 0.498. The fourth-order valence-electron chi connectivity index (χ4n) is 3.19. The first-order valence-electron chi connectivity index (χ1n) is 9.67. The van der Waals surface area contributed by atoms with Crippen molar-refractivity contribution in [2.24, 2.45) is 0 Å². The second-order valence-corrected chi connectivity index (χ2v) is 8.46. The molecule has 4 rings (SSSR count). The van der Waals surface area contributed by atoms with Crippen LogP contribution in [0.3, 0.4) is 0 Å². The van der Waals surface area contributed by atoms with E-state index in [1.54, 1.807) is 12.1 Å². The molecular formula is C20H21BF4N4O2. The lowest BCUT2D eigenvalue weighted by Gasteiger charge is -2.32. The van der Waals surface area contributed by atoms with Gasteiger partial charge in [0.15, 0.2) is 5.65 Å². The molecule has 0 atom stereocenters. The maximum absolute atomic E-state index is 14.7. The van der Waals surface area contributed by atoms with E-state index in [0.29, 0.717) is 11.0 Å². The summed E-state index contributed by atoms with van der Waals surface area (Å²) in [6.45, 7) is 7.65. The summed E-state index contributed by atoms with van der Waals surface area (Å²) in [7, 11) is -0.692. The zero-order chi connectivity index (χ0) is 22.6. The second-order valence-electron chi connectivity index (χ2n) is 8.46. The molecule has 0 unspecified atom stereocenters. The SMILES string of the molecule is CC1(C)OB(c2ccc(CNc3nnc4ccc(C(F)(F)F)cn34)c(F)c2)OC1(C)C. The Kier molecular flexibility index (Phi) is 5.01. The number of pyridine rings is 1. The van der Waals surface area contributed by atoms with E-state index in [-0.39, 0.29) is 18.1 Å². The predicted octanol–water partition coefficient (Wildman–Crippen LogP) is 3.80. The van der Waals surface area contributed by atoms with E-state index >= 15 is 0 Å². The van der Waals surface area contributed by atoms with E-state index in [0.717, 1.165) is 12.3 Å². The molecule has 0 aliphatic carbocycles. The van der Waals surface area contributed by atoms with Gasteiger partial charge in [-0.05, 0) is 51.4 Å². The molecule has 1 fully saturated rings. The molecule has 3 aromatic rings. The number of nitrogens with zero attached hydrogens (tertiary/aromatic N) is 3. The average Bonchev–Trinajstić information content (AvgIpc) is 3.16. The Hall–Kier alpha value is -2.66. The third kappa shape index (κ3) is 3.99. The van der Waals surface area contributed by atoms with Crippen molar-refractivity contribution in [1.29, 1.82) is 0 Å². The van der Waals surface area contributed by atoms with Gasteiger partial charge in [0.2, 0.25) is 5.95 Å². The zero-order valence-electron chi connectivity index (χ0n) is 17.4. The van der Waals surface area contributed by atoms with Gasteiger partial charge in [0.25, 0.3) is 0 Å². The minimum absolute atomic E-state index is 0.00647. The summed E-state index contributed by atoms with van der Waals surface area (Å²) < 4.78 is 66.7. The monoisotopic (exact) mass is 436 g/mol. The van der Waals surface area contributed by atoms with Crippen LogP contribution in [0.2, 0.25) is 0 Å². The van der Waals surface area contributed by atoms with Gasteiger partial charge in [-0.15, -0.1) is 10.2 Å². The van der Waals surface area contributed by atoms with Crippen LogP contribution in [0, 0.1) is 5.82 Å². The number of nitrogens with one attached hydrogen (secondary N) is 1. The van der Waals surface area contributed by atoms with Gasteiger partial charge in [0, 0.05) is 18.3 Å². The molecule has 3 heterocycles. The van der Waals surface area contributed by atoms with Gasteiger partial charge in [0.05, 0.1) is 16.8 Å². The van der Waals surface area contributed by atoms with E-state index in [1.807, 2.05) is 27.7 Å². The van der Waals surface area contributed by atoms with Crippen molar-refractivity contribution < 1.29 is 26.9 Å². The predicted molar refractivity (Wildman–Crippen MR) is 107 cm³/mol. The van der Waals surface area contributed by atoms with Crippen LogP contribution in [0.1, 0.15) is 38.8 Å². The number of fused-ring (bicyclic) bond motifs is 1. The Bertz CT molecular complexity index is 1110. The molecule has 1 aliphatic rings. The molecule has 11 heteroatoms. The van der Waals surface area contributed by atoms with Crippen LogP contribution < -0.4 is 10.8 Å². The van der Waals surface area contributed by atoms with E-state index in [4.69, 9.17) is 9.31 Å². The number of aromatic nitrogens is 3. The molecule has 0 radical (unpaired) electrons. The molecule has 1 aliphatic heterocycles. The topological polar surface area (TPSA) is 60.7 Å². The van der Waals surface area contributed by atoms with Gasteiger partial charge >= 0.3 is 13.3 Å². The Morgan fingerprint density at radius 2 is 1.71 bits per heavy atom. The third-order valence-corrected chi connectivity index (χ3v) is 5.77. The summed E-state index contributed by atoms with van der Waals surface area (Å²) in [6, 6.07) is 6.77. The molecule has 0 bridgehead atoms. The van der Waals surface area contributed by atoms with Gasteiger partial charge in [0.1, 0.15) is 5.82 Å². The third-order valence-electron chi connectivity index (χ3n) is 5.77. The molecule has 0 spiro atoms. The van der Waals surface area contributed by atoms with Crippen LogP contribution in [0.15, 0.2) is 36.5 Å². The summed E-state index contributed by atoms with van der Waals surface area (Å²) in [5.74, 6) is -0.417. The molecule has 0 amide bonds. The van der Waals surface area contributed by atoms with Crippen molar-refractivity contribution in [3.63, 3.8) is 0 Å². The lowest BCUT2D eigenvalue weighted by Crippen LogP contribution is -2.41. The molecule has 1 saturated heterocycles. The van der Waals surface area contributed by atoms with Gasteiger partial charge in [-0.3, -0.25) is 4.40 Å². The van der Waals surface area contributed by atoms with Gasteiger partial charge < -0.3 is 14.6 Å². The van der Waals surface area contributed by atoms with Crippen LogP contribution in [-0.4, -0.2) is 32.9 Å². The number of anilines is 1. The maximum Gasteiger partial charge on any atom is 0.494 e. The first-order valence-corrected chi connectivity index (χ1v) is 9.67. The summed E-state index contributed by atoms with van der Waals surface area (Å²) >= 11 is 0. The Morgan fingerprint density at radius 3 is 2.32 bits per heavy atom. The number of benzene rings is 1. The normalized spacial score (nSPS) is 18.0. The highest BCUT2D eigenvalue weighted by Gasteiger charge is 2.51. The van der Waals surface area contributed by atoms with Crippen molar-refractivity contribution in [2.45, 2.75) is 51.6 Å². The number of hydrogen-bond acceptors (Lipinski definition) is 5. The van der Waals surface area contributed by atoms with Crippen LogP contribution in [0.25, 0.3) is 5.65 Å². The van der Waals surface area contributed by atoms with Crippen molar-refractivity contribution in [2.75, 3.05) is 5.32 Å². The Balaban J connectivity index is 1.51. The van der Waals surface area contributed by atoms with Crippen LogP contribution in [0.5, 0.6) is 0 Å². The van der Waals surface area contributed by atoms with E-state index in [2.05, 4.69) is 15.5 Å². The lowest BCUT2D eigenvalue weighted by atomic mass is 9.78. The standard InChI is InChI=1S/C20H21BF4N4O2/c1-18(2)19(3,4)31-21(30-18)14-7-5-12(15(22)9-14)10-26-17-28-27-16-8-6-13(11-29(16)17)20(23,24)25/h5-9,11H,10H2,1-4H3,(H,26,28). The van der Waals surface area contributed by atoms with E-state index in [9.17, 15) is 17.6 Å². The first kappa shape index (κ1) is 21.6. The number of rotatable bonds is 4. The Labute approximate surface area is 176 Å². The van der Waals surface area contributed by atoms with Crippen molar-refractivity contribution in [3.05, 3.63) is 53.5 Å². The molecule has 1 aromatic carbocycles. The van der Waals surface area contributed by atoms with Gasteiger partial charge in [-0.25, -0.2) is 4.39 Å². The maximum atomic E-state index is 14.7. The van der Waals surface area contributed by atoms with E-state index in [1.165, 1.54) is 16.5 Å². The van der Waals surface area contributed by atoms with E-state index < -0.39 is 35.9 Å². The fraction of sp³-hybridized carbons (Fsp3) is 0.400. The number of halogens is 4. The Morgan fingerprint density at radius 1 is 1.03 bits per heavy atom. The summed E-state index contributed by atoms with van der Waals surface area (Å²) in [5.41, 5.74) is -0.823. The first-order chi connectivity index (χ1) is 14.4. The summed E-state index contributed by atoms with van der Waals surface area (Å²) in [5, 5.41) is 10.5. The fourth-order valence-corrected chi connectivity index (χ4v) is 3.19. The smallest absolute Gasteiger partial charge is 0.399 e. The van der Waals surface area contributed by atoms with Crippen LogP contribution in [0.4, 0.5) is 23.5 Å². The van der Waals surface area contributed by atoms with Crippen molar-refractivity contribution >= 4 is 24.2 Å². The number of alkyl halides is 3.